The Hall–Kier alpha value is -1.12. The molecular weight excluding hydrogens is 198 g/mol. The van der Waals surface area contributed by atoms with Gasteiger partial charge in [-0.25, -0.2) is 0 Å². The van der Waals surface area contributed by atoms with E-state index in [1.54, 1.807) is 0 Å². The maximum atomic E-state index is 5.94. The lowest BCUT2D eigenvalue weighted by Crippen LogP contribution is -2.06. The summed E-state index contributed by atoms with van der Waals surface area (Å²) in [6.45, 7) is 3.77. The van der Waals surface area contributed by atoms with Gasteiger partial charge < -0.3 is 10.5 Å². The molecule has 0 saturated carbocycles. The minimum absolute atomic E-state index is 0.0840. The SMILES string of the molecule is C[C@H](N)c1ccccc1/C=C/[C@H]1CCOC1. The van der Waals surface area contributed by atoms with E-state index >= 15 is 0 Å². The van der Waals surface area contributed by atoms with Crippen LogP contribution in [0.25, 0.3) is 6.08 Å². The quantitative estimate of drug-likeness (QED) is 0.845. The average Bonchev–Trinajstić information content (AvgIpc) is 2.79. The normalized spacial score (nSPS) is 22.8. The second-order valence-corrected chi connectivity index (χ2v) is 4.40. The first-order valence-electron chi connectivity index (χ1n) is 5.88. The van der Waals surface area contributed by atoms with Crippen molar-refractivity contribution in [3.05, 3.63) is 41.5 Å². The van der Waals surface area contributed by atoms with Gasteiger partial charge in [0.2, 0.25) is 0 Å². The molecule has 86 valence electrons. The molecule has 1 saturated heterocycles. The van der Waals surface area contributed by atoms with E-state index in [1.165, 1.54) is 11.1 Å². The largest absolute Gasteiger partial charge is 0.381 e. The molecule has 1 aromatic rings. The molecule has 0 aromatic heterocycles. The molecule has 2 heteroatoms. The third-order valence-corrected chi connectivity index (χ3v) is 3.00. The predicted molar refractivity (Wildman–Crippen MR) is 67.0 cm³/mol. The molecule has 1 aliphatic heterocycles. The summed E-state index contributed by atoms with van der Waals surface area (Å²) in [5.74, 6) is 0.570. The van der Waals surface area contributed by atoms with Gasteiger partial charge >= 0.3 is 0 Å². The van der Waals surface area contributed by atoms with Gasteiger partial charge in [-0.15, -0.1) is 0 Å². The lowest BCUT2D eigenvalue weighted by molar-refractivity contribution is 0.191. The van der Waals surface area contributed by atoms with Crippen LogP contribution in [0.3, 0.4) is 0 Å². The monoisotopic (exact) mass is 217 g/mol. The molecule has 2 N–H and O–H groups in total. The minimum atomic E-state index is 0.0840. The number of hydrogen-bond acceptors (Lipinski definition) is 2. The van der Waals surface area contributed by atoms with Crippen LogP contribution in [0.2, 0.25) is 0 Å². The van der Waals surface area contributed by atoms with E-state index in [0.717, 1.165) is 19.6 Å². The van der Waals surface area contributed by atoms with Gasteiger partial charge in [0.1, 0.15) is 0 Å². The van der Waals surface area contributed by atoms with E-state index in [9.17, 15) is 0 Å². The predicted octanol–water partition coefficient (Wildman–Crippen LogP) is 2.76. The highest BCUT2D eigenvalue weighted by Gasteiger charge is 2.12. The minimum Gasteiger partial charge on any atom is -0.381 e. The van der Waals surface area contributed by atoms with E-state index in [0.29, 0.717) is 5.92 Å². The van der Waals surface area contributed by atoms with E-state index in [1.807, 2.05) is 13.0 Å². The summed E-state index contributed by atoms with van der Waals surface area (Å²) < 4.78 is 5.35. The molecule has 1 heterocycles. The number of rotatable bonds is 3. The van der Waals surface area contributed by atoms with Gasteiger partial charge in [0.25, 0.3) is 0 Å². The lowest BCUT2D eigenvalue weighted by atomic mass is 10.00. The molecule has 0 amide bonds. The maximum Gasteiger partial charge on any atom is 0.0529 e. The van der Waals surface area contributed by atoms with Gasteiger partial charge in [0, 0.05) is 18.6 Å². The number of nitrogens with two attached hydrogens (primary N) is 1. The molecule has 2 nitrogen and oxygen atoms in total. The van der Waals surface area contributed by atoms with Crippen LogP contribution in [0.5, 0.6) is 0 Å². The van der Waals surface area contributed by atoms with Crippen molar-refractivity contribution in [2.75, 3.05) is 13.2 Å². The molecule has 0 radical (unpaired) electrons. The summed E-state index contributed by atoms with van der Waals surface area (Å²) in [5.41, 5.74) is 8.37. The van der Waals surface area contributed by atoms with Crippen LogP contribution < -0.4 is 5.73 Å². The van der Waals surface area contributed by atoms with Gasteiger partial charge in [-0.1, -0.05) is 36.4 Å². The van der Waals surface area contributed by atoms with Crippen LogP contribution in [0.1, 0.15) is 30.5 Å². The van der Waals surface area contributed by atoms with E-state index in [4.69, 9.17) is 10.5 Å². The van der Waals surface area contributed by atoms with Crippen LogP contribution in [0, 0.1) is 5.92 Å². The zero-order valence-electron chi connectivity index (χ0n) is 9.73. The number of benzene rings is 1. The molecule has 1 aliphatic rings. The van der Waals surface area contributed by atoms with Gasteiger partial charge in [-0.3, -0.25) is 0 Å². The fourth-order valence-electron chi connectivity index (χ4n) is 2.02. The summed E-state index contributed by atoms with van der Waals surface area (Å²) in [5, 5.41) is 0. The Labute approximate surface area is 97.1 Å². The highest BCUT2D eigenvalue weighted by atomic mass is 16.5. The van der Waals surface area contributed by atoms with Crippen molar-refractivity contribution >= 4 is 6.08 Å². The van der Waals surface area contributed by atoms with Crippen LogP contribution in [0.4, 0.5) is 0 Å². The number of hydrogen-bond donors (Lipinski definition) is 1. The van der Waals surface area contributed by atoms with E-state index < -0.39 is 0 Å². The Balaban J connectivity index is 2.13. The van der Waals surface area contributed by atoms with Crippen molar-refractivity contribution < 1.29 is 4.74 Å². The lowest BCUT2D eigenvalue weighted by Gasteiger charge is -2.09. The number of ether oxygens (including phenoxy) is 1. The van der Waals surface area contributed by atoms with Gasteiger partial charge in [-0.2, -0.15) is 0 Å². The average molecular weight is 217 g/mol. The first-order valence-corrected chi connectivity index (χ1v) is 5.88. The smallest absolute Gasteiger partial charge is 0.0529 e. The zero-order valence-corrected chi connectivity index (χ0v) is 9.73. The molecule has 0 aliphatic carbocycles. The first-order chi connectivity index (χ1) is 7.77. The topological polar surface area (TPSA) is 35.2 Å². The van der Waals surface area contributed by atoms with Crippen molar-refractivity contribution in [1.82, 2.24) is 0 Å². The van der Waals surface area contributed by atoms with Crippen molar-refractivity contribution in [2.24, 2.45) is 11.7 Å². The molecule has 0 unspecified atom stereocenters. The van der Waals surface area contributed by atoms with E-state index in [2.05, 4.69) is 30.4 Å². The van der Waals surface area contributed by atoms with Crippen LogP contribution in [-0.4, -0.2) is 13.2 Å². The molecule has 1 aromatic carbocycles. The highest BCUT2D eigenvalue weighted by molar-refractivity contribution is 5.54. The standard InChI is InChI=1S/C14H19NO/c1-11(15)14-5-3-2-4-13(14)7-6-12-8-9-16-10-12/h2-7,11-12H,8-10,15H2,1H3/b7-6+/t11-,12-/m0/s1. The second kappa shape index (κ2) is 5.28. The molecule has 1 fully saturated rings. The van der Waals surface area contributed by atoms with Crippen molar-refractivity contribution in [3.8, 4) is 0 Å². The van der Waals surface area contributed by atoms with Gasteiger partial charge in [0.15, 0.2) is 0 Å². The molecule has 16 heavy (non-hydrogen) atoms. The van der Waals surface area contributed by atoms with Crippen molar-refractivity contribution in [2.45, 2.75) is 19.4 Å². The zero-order chi connectivity index (χ0) is 11.4. The van der Waals surface area contributed by atoms with E-state index in [-0.39, 0.29) is 6.04 Å². The maximum absolute atomic E-state index is 5.94. The van der Waals surface area contributed by atoms with Crippen LogP contribution in [0.15, 0.2) is 30.3 Å². The van der Waals surface area contributed by atoms with Crippen LogP contribution in [-0.2, 0) is 4.74 Å². The van der Waals surface area contributed by atoms with Crippen molar-refractivity contribution in [3.63, 3.8) is 0 Å². The molecule has 2 rings (SSSR count). The Morgan fingerprint density at radius 2 is 2.25 bits per heavy atom. The van der Waals surface area contributed by atoms with Crippen molar-refractivity contribution in [1.29, 1.82) is 0 Å². The molecular formula is C14H19NO. The Kier molecular flexibility index (Phi) is 3.75. The summed E-state index contributed by atoms with van der Waals surface area (Å²) in [4.78, 5) is 0. The fourth-order valence-corrected chi connectivity index (χ4v) is 2.02. The summed E-state index contributed by atoms with van der Waals surface area (Å²) in [6, 6.07) is 8.38. The summed E-state index contributed by atoms with van der Waals surface area (Å²) >= 11 is 0. The van der Waals surface area contributed by atoms with Gasteiger partial charge in [0.05, 0.1) is 6.61 Å². The Morgan fingerprint density at radius 3 is 2.94 bits per heavy atom. The third-order valence-electron chi connectivity index (χ3n) is 3.00. The summed E-state index contributed by atoms with van der Waals surface area (Å²) in [6.07, 6.45) is 5.56. The third kappa shape index (κ3) is 2.71. The summed E-state index contributed by atoms with van der Waals surface area (Å²) in [7, 11) is 0. The molecule has 0 spiro atoms. The van der Waals surface area contributed by atoms with Crippen LogP contribution >= 0.6 is 0 Å². The second-order valence-electron chi connectivity index (χ2n) is 4.40. The highest BCUT2D eigenvalue weighted by Crippen LogP contribution is 2.20. The molecule has 0 bridgehead atoms. The molecule has 2 atom stereocenters. The Bertz CT molecular complexity index is 365. The van der Waals surface area contributed by atoms with Gasteiger partial charge in [-0.05, 0) is 24.5 Å². The fraction of sp³-hybridized carbons (Fsp3) is 0.429. The Morgan fingerprint density at radius 1 is 1.44 bits per heavy atom. The first kappa shape index (κ1) is 11.4.